The lowest BCUT2D eigenvalue weighted by Crippen LogP contribution is -2.27. The second-order valence-electron chi connectivity index (χ2n) is 5.93. The Morgan fingerprint density at radius 3 is 2.80 bits per heavy atom. The van der Waals surface area contributed by atoms with Crippen molar-refractivity contribution in [1.82, 2.24) is 0 Å². The Labute approximate surface area is 153 Å². The molecular weight excluding hydrogens is 358 g/mol. The number of hydrogen-bond acceptors (Lipinski definition) is 4. The molecule has 3 aromatic rings. The van der Waals surface area contributed by atoms with E-state index in [0.29, 0.717) is 16.5 Å². The number of amides is 1. The minimum absolute atomic E-state index is 0.307. The first-order valence-electron chi connectivity index (χ1n) is 7.80. The minimum Gasteiger partial charge on any atom is -0.455 e. The summed E-state index contributed by atoms with van der Waals surface area (Å²) in [5.41, 5.74) is 2.51. The van der Waals surface area contributed by atoms with E-state index in [2.05, 4.69) is 0 Å². The molecule has 25 heavy (non-hydrogen) atoms. The standard InChI is InChI=1S/C19H12ClNO3S/c20-12-5-6-16-14(9-12)21-17(13-3-1-2-4-15(13)23-16)18(24-19(21)22)11-7-8-25-10-11/h1-10,17-18H. The Morgan fingerprint density at radius 2 is 1.96 bits per heavy atom. The van der Waals surface area contributed by atoms with Crippen molar-refractivity contribution in [1.29, 1.82) is 0 Å². The van der Waals surface area contributed by atoms with E-state index in [-0.39, 0.29) is 6.04 Å². The van der Waals surface area contributed by atoms with E-state index in [4.69, 9.17) is 21.1 Å². The Morgan fingerprint density at radius 1 is 1.08 bits per heavy atom. The molecule has 6 heteroatoms. The summed E-state index contributed by atoms with van der Waals surface area (Å²) >= 11 is 7.76. The molecule has 0 radical (unpaired) electrons. The van der Waals surface area contributed by atoms with Gasteiger partial charge in [0.05, 0.1) is 5.69 Å². The van der Waals surface area contributed by atoms with Gasteiger partial charge in [0, 0.05) is 16.1 Å². The molecular formula is C19H12ClNO3S. The number of halogens is 1. The zero-order chi connectivity index (χ0) is 17.0. The van der Waals surface area contributed by atoms with Gasteiger partial charge < -0.3 is 9.47 Å². The summed E-state index contributed by atoms with van der Waals surface area (Å²) < 4.78 is 11.9. The highest BCUT2D eigenvalue weighted by atomic mass is 35.5. The summed E-state index contributed by atoms with van der Waals surface area (Å²) in [6.45, 7) is 0. The summed E-state index contributed by atoms with van der Waals surface area (Å²) in [7, 11) is 0. The fraction of sp³-hybridized carbons (Fsp3) is 0.105. The third-order valence-corrected chi connectivity index (χ3v) is 5.44. The van der Waals surface area contributed by atoms with Crippen LogP contribution in [0, 0.1) is 0 Å². The summed E-state index contributed by atoms with van der Waals surface area (Å²) in [6.07, 6.45) is -0.793. The first-order chi connectivity index (χ1) is 12.2. The second-order valence-corrected chi connectivity index (χ2v) is 7.14. The molecule has 1 aromatic heterocycles. The molecule has 1 amide bonds. The molecule has 0 N–H and O–H groups in total. The monoisotopic (exact) mass is 369 g/mol. The van der Waals surface area contributed by atoms with Crippen LogP contribution in [-0.2, 0) is 4.74 Å². The van der Waals surface area contributed by atoms with Crippen LogP contribution in [0.5, 0.6) is 11.5 Å². The maximum Gasteiger partial charge on any atom is 0.415 e. The first-order valence-corrected chi connectivity index (χ1v) is 9.13. The number of hydrogen-bond donors (Lipinski definition) is 0. The average molecular weight is 370 g/mol. The molecule has 2 unspecified atom stereocenters. The summed E-state index contributed by atoms with van der Waals surface area (Å²) in [5.74, 6) is 1.30. The quantitative estimate of drug-likeness (QED) is 0.532. The van der Waals surface area contributed by atoms with E-state index in [1.165, 1.54) is 0 Å². The van der Waals surface area contributed by atoms with Gasteiger partial charge in [0.15, 0.2) is 11.9 Å². The van der Waals surface area contributed by atoms with Crippen molar-refractivity contribution in [3.8, 4) is 11.5 Å². The van der Waals surface area contributed by atoms with Crippen LogP contribution in [0.1, 0.15) is 23.3 Å². The molecule has 2 aromatic carbocycles. The predicted molar refractivity (Wildman–Crippen MR) is 96.7 cm³/mol. The van der Waals surface area contributed by atoms with Crippen LogP contribution in [0.4, 0.5) is 10.5 Å². The first kappa shape index (κ1) is 14.8. The van der Waals surface area contributed by atoms with Gasteiger partial charge in [0.25, 0.3) is 0 Å². The van der Waals surface area contributed by atoms with E-state index < -0.39 is 12.2 Å². The molecule has 0 saturated carbocycles. The largest absolute Gasteiger partial charge is 0.455 e. The van der Waals surface area contributed by atoms with E-state index in [0.717, 1.165) is 16.9 Å². The molecule has 0 bridgehead atoms. The lowest BCUT2D eigenvalue weighted by atomic mass is 9.96. The van der Waals surface area contributed by atoms with E-state index in [1.807, 2.05) is 41.1 Å². The van der Waals surface area contributed by atoms with Crippen LogP contribution >= 0.6 is 22.9 Å². The highest BCUT2D eigenvalue weighted by Crippen LogP contribution is 2.53. The van der Waals surface area contributed by atoms with Gasteiger partial charge in [-0.2, -0.15) is 11.3 Å². The predicted octanol–water partition coefficient (Wildman–Crippen LogP) is 5.95. The van der Waals surface area contributed by atoms with Gasteiger partial charge in [-0.05, 0) is 41.1 Å². The average Bonchev–Trinajstić information content (AvgIpc) is 3.21. The molecule has 0 aliphatic carbocycles. The molecule has 5 rings (SSSR count). The van der Waals surface area contributed by atoms with Crippen molar-refractivity contribution in [3.63, 3.8) is 0 Å². The number of benzene rings is 2. The number of thiophene rings is 1. The number of cyclic esters (lactones) is 1. The maximum atomic E-state index is 12.8. The fourth-order valence-electron chi connectivity index (χ4n) is 3.42. The number of anilines is 1. The third kappa shape index (κ3) is 2.23. The van der Waals surface area contributed by atoms with Crippen molar-refractivity contribution in [2.45, 2.75) is 12.1 Å². The Balaban J connectivity index is 1.77. The van der Waals surface area contributed by atoms with Crippen LogP contribution in [0.25, 0.3) is 0 Å². The number of fused-ring (bicyclic) bond motifs is 5. The summed E-state index contributed by atoms with van der Waals surface area (Å²) in [5, 5.41) is 4.53. The lowest BCUT2D eigenvalue weighted by Gasteiger charge is -2.23. The molecule has 4 nitrogen and oxygen atoms in total. The molecule has 3 heterocycles. The minimum atomic E-state index is -0.398. The SMILES string of the molecule is O=C1OC(c2ccsc2)C2c3ccccc3Oc3ccc(Cl)cc3N12. The normalized spacial score (nSPS) is 20.8. The number of carbonyl (C=O) groups excluding carboxylic acids is 1. The molecule has 1 fully saturated rings. The van der Waals surface area contributed by atoms with Crippen LogP contribution in [-0.4, -0.2) is 6.09 Å². The zero-order valence-corrected chi connectivity index (χ0v) is 14.5. The van der Waals surface area contributed by atoms with E-state index in [9.17, 15) is 4.79 Å². The summed E-state index contributed by atoms with van der Waals surface area (Å²) in [4.78, 5) is 14.4. The van der Waals surface area contributed by atoms with Crippen LogP contribution in [0.2, 0.25) is 5.02 Å². The van der Waals surface area contributed by atoms with Crippen molar-refractivity contribution in [2.24, 2.45) is 0 Å². The molecule has 2 atom stereocenters. The molecule has 2 aliphatic rings. The van der Waals surface area contributed by atoms with Crippen molar-refractivity contribution < 1.29 is 14.3 Å². The maximum absolute atomic E-state index is 12.8. The van der Waals surface area contributed by atoms with Crippen LogP contribution in [0.3, 0.4) is 0 Å². The number of rotatable bonds is 1. The molecule has 124 valence electrons. The van der Waals surface area contributed by atoms with E-state index >= 15 is 0 Å². The number of carbonyl (C=O) groups is 1. The Hall–Kier alpha value is -2.50. The number of ether oxygens (including phenoxy) is 2. The van der Waals surface area contributed by atoms with Gasteiger partial charge in [-0.15, -0.1) is 0 Å². The number of para-hydroxylation sites is 1. The smallest absolute Gasteiger partial charge is 0.415 e. The zero-order valence-electron chi connectivity index (χ0n) is 12.9. The van der Waals surface area contributed by atoms with Crippen molar-refractivity contribution in [2.75, 3.05) is 4.90 Å². The van der Waals surface area contributed by atoms with Crippen LogP contribution in [0.15, 0.2) is 59.3 Å². The Bertz CT molecular complexity index is 973. The molecule has 2 aliphatic heterocycles. The lowest BCUT2D eigenvalue weighted by molar-refractivity contribution is 0.132. The van der Waals surface area contributed by atoms with Gasteiger partial charge in [0.1, 0.15) is 11.8 Å². The van der Waals surface area contributed by atoms with Gasteiger partial charge in [-0.1, -0.05) is 29.8 Å². The van der Waals surface area contributed by atoms with Crippen molar-refractivity contribution >= 4 is 34.7 Å². The third-order valence-electron chi connectivity index (χ3n) is 4.50. The van der Waals surface area contributed by atoms with Gasteiger partial charge in [-0.3, -0.25) is 4.90 Å². The van der Waals surface area contributed by atoms with Crippen molar-refractivity contribution in [3.05, 3.63) is 75.4 Å². The number of nitrogens with zero attached hydrogens (tertiary/aromatic N) is 1. The van der Waals surface area contributed by atoms with Gasteiger partial charge in [-0.25, -0.2) is 4.79 Å². The van der Waals surface area contributed by atoms with Crippen LogP contribution < -0.4 is 9.64 Å². The fourth-order valence-corrected chi connectivity index (χ4v) is 4.27. The van der Waals surface area contributed by atoms with Gasteiger partial charge in [0.2, 0.25) is 0 Å². The van der Waals surface area contributed by atoms with E-state index in [1.54, 1.807) is 34.4 Å². The molecule has 0 spiro atoms. The van der Waals surface area contributed by atoms with Gasteiger partial charge >= 0.3 is 6.09 Å². The highest BCUT2D eigenvalue weighted by molar-refractivity contribution is 7.08. The molecule has 1 saturated heterocycles. The second kappa shape index (κ2) is 5.51. The topological polar surface area (TPSA) is 38.8 Å². The summed E-state index contributed by atoms with van der Waals surface area (Å²) in [6, 6.07) is 14.7. The highest BCUT2D eigenvalue weighted by Gasteiger charge is 2.48. The Kier molecular flexibility index (Phi) is 3.26.